The summed E-state index contributed by atoms with van der Waals surface area (Å²) in [5, 5.41) is 0. The molecule has 1 saturated heterocycles. The molecular weight excluding hydrogens is 266 g/mol. The van der Waals surface area contributed by atoms with Gasteiger partial charge < -0.3 is 0 Å². The molecule has 1 aromatic heterocycles. The van der Waals surface area contributed by atoms with Gasteiger partial charge in [-0.2, -0.15) is 0 Å². The topological polar surface area (TPSA) is 29.0 Å². The van der Waals surface area contributed by atoms with Crippen LogP contribution in [-0.4, -0.2) is 27.0 Å². The monoisotopic (exact) mass is 283 g/mol. The Kier molecular flexibility index (Phi) is 3.31. The van der Waals surface area contributed by atoms with Gasteiger partial charge in [0.2, 0.25) is 0 Å². The van der Waals surface area contributed by atoms with E-state index >= 15 is 0 Å². The number of likely N-dealkylation sites (tertiary alicyclic amines) is 1. The molecule has 0 N–H and O–H groups in total. The lowest BCUT2D eigenvalue weighted by Crippen LogP contribution is -2.41. The SMILES string of the molecule is CC(C)(C)N1CCCC1c1ncc(Br)cn1. The molecule has 1 fully saturated rings. The summed E-state index contributed by atoms with van der Waals surface area (Å²) in [5.41, 5.74) is 0.192. The maximum atomic E-state index is 4.42. The molecule has 1 aliphatic rings. The van der Waals surface area contributed by atoms with E-state index in [9.17, 15) is 0 Å². The van der Waals surface area contributed by atoms with Gasteiger partial charge in [-0.15, -0.1) is 0 Å². The zero-order chi connectivity index (χ0) is 11.8. The molecule has 0 saturated carbocycles. The molecule has 4 heteroatoms. The van der Waals surface area contributed by atoms with Gasteiger partial charge >= 0.3 is 0 Å². The second-order valence-electron chi connectivity index (χ2n) is 5.28. The predicted octanol–water partition coefficient (Wildman–Crippen LogP) is 3.17. The van der Waals surface area contributed by atoms with E-state index in [0.717, 1.165) is 16.8 Å². The number of nitrogens with zero attached hydrogens (tertiary/aromatic N) is 3. The molecule has 2 heterocycles. The molecular formula is C12H18BrN3. The van der Waals surface area contributed by atoms with E-state index in [-0.39, 0.29) is 5.54 Å². The van der Waals surface area contributed by atoms with Crippen LogP contribution in [0.1, 0.15) is 45.5 Å². The molecule has 16 heavy (non-hydrogen) atoms. The summed E-state index contributed by atoms with van der Waals surface area (Å²) in [6.45, 7) is 7.91. The van der Waals surface area contributed by atoms with Crippen molar-refractivity contribution in [2.75, 3.05) is 6.54 Å². The zero-order valence-electron chi connectivity index (χ0n) is 10.1. The van der Waals surface area contributed by atoms with Crippen LogP contribution in [0.25, 0.3) is 0 Å². The minimum atomic E-state index is 0.192. The summed E-state index contributed by atoms with van der Waals surface area (Å²) < 4.78 is 0.941. The van der Waals surface area contributed by atoms with Crippen LogP contribution in [-0.2, 0) is 0 Å². The van der Waals surface area contributed by atoms with Crippen molar-refractivity contribution in [2.45, 2.75) is 45.2 Å². The molecule has 1 unspecified atom stereocenters. The highest BCUT2D eigenvalue weighted by Gasteiger charge is 2.35. The Morgan fingerprint density at radius 3 is 2.50 bits per heavy atom. The molecule has 0 aromatic carbocycles. The Morgan fingerprint density at radius 1 is 1.31 bits per heavy atom. The standard InChI is InChI=1S/C12H18BrN3/c1-12(2,3)16-6-4-5-10(16)11-14-7-9(13)8-15-11/h7-8,10H,4-6H2,1-3H3. The van der Waals surface area contributed by atoms with Crippen molar-refractivity contribution in [3.05, 3.63) is 22.7 Å². The van der Waals surface area contributed by atoms with Crippen LogP contribution >= 0.6 is 15.9 Å². The number of hydrogen-bond donors (Lipinski definition) is 0. The van der Waals surface area contributed by atoms with Crippen LogP contribution in [0.15, 0.2) is 16.9 Å². The van der Waals surface area contributed by atoms with Gasteiger partial charge in [-0.1, -0.05) is 0 Å². The number of aromatic nitrogens is 2. The number of rotatable bonds is 1. The third-order valence-corrected chi connectivity index (χ3v) is 3.46. The quantitative estimate of drug-likeness (QED) is 0.793. The summed E-state index contributed by atoms with van der Waals surface area (Å²) in [4.78, 5) is 11.3. The Hall–Kier alpha value is -0.480. The second-order valence-corrected chi connectivity index (χ2v) is 6.20. The molecule has 2 rings (SSSR count). The van der Waals surface area contributed by atoms with Crippen LogP contribution in [0.5, 0.6) is 0 Å². The van der Waals surface area contributed by atoms with Gasteiger partial charge in [0.15, 0.2) is 0 Å². The Balaban J connectivity index is 2.23. The van der Waals surface area contributed by atoms with Crippen molar-refractivity contribution in [3.63, 3.8) is 0 Å². The maximum absolute atomic E-state index is 4.42. The molecule has 88 valence electrons. The molecule has 3 nitrogen and oxygen atoms in total. The van der Waals surface area contributed by atoms with Crippen LogP contribution in [0.3, 0.4) is 0 Å². The van der Waals surface area contributed by atoms with Crippen molar-refractivity contribution < 1.29 is 0 Å². The fraction of sp³-hybridized carbons (Fsp3) is 0.667. The van der Waals surface area contributed by atoms with Gasteiger partial charge in [0.05, 0.1) is 10.5 Å². The predicted molar refractivity (Wildman–Crippen MR) is 68.2 cm³/mol. The Bertz CT molecular complexity index is 356. The van der Waals surface area contributed by atoms with E-state index in [1.165, 1.54) is 12.8 Å². The van der Waals surface area contributed by atoms with Crippen LogP contribution < -0.4 is 0 Å². The van der Waals surface area contributed by atoms with Crippen LogP contribution in [0.4, 0.5) is 0 Å². The highest BCUT2D eigenvalue weighted by atomic mass is 79.9. The molecule has 1 aliphatic heterocycles. The molecule has 1 aromatic rings. The number of hydrogen-bond acceptors (Lipinski definition) is 3. The van der Waals surface area contributed by atoms with Gasteiger partial charge in [0.25, 0.3) is 0 Å². The van der Waals surface area contributed by atoms with Gasteiger partial charge in [0, 0.05) is 17.9 Å². The summed E-state index contributed by atoms with van der Waals surface area (Å²) in [6, 6.07) is 0.382. The van der Waals surface area contributed by atoms with E-state index in [4.69, 9.17) is 0 Å². The Labute approximate surface area is 105 Å². The molecule has 0 bridgehead atoms. The summed E-state index contributed by atoms with van der Waals surface area (Å²) in [5.74, 6) is 0.954. The van der Waals surface area contributed by atoms with Crippen LogP contribution in [0.2, 0.25) is 0 Å². The van der Waals surface area contributed by atoms with Crippen molar-refractivity contribution in [1.29, 1.82) is 0 Å². The van der Waals surface area contributed by atoms with Gasteiger partial charge in [-0.05, 0) is 56.1 Å². The Morgan fingerprint density at radius 2 is 1.94 bits per heavy atom. The first-order chi connectivity index (χ1) is 7.48. The van der Waals surface area contributed by atoms with Crippen molar-refractivity contribution >= 4 is 15.9 Å². The highest BCUT2D eigenvalue weighted by Crippen LogP contribution is 2.35. The second kappa shape index (κ2) is 4.41. The fourth-order valence-electron chi connectivity index (χ4n) is 2.33. The third-order valence-electron chi connectivity index (χ3n) is 3.05. The lowest BCUT2D eigenvalue weighted by molar-refractivity contribution is 0.117. The average Bonchev–Trinajstić information content (AvgIpc) is 2.66. The fourth-order valence-corrected chi connectivity index (χ4v) is 2.54. The number of halogens is 1. The van der Waals surface area contributed by atoms with Crippen LogP contribution in [0, 0.1) is 0 Å². The van der Waals surface area contributed by atoms with Crippen molar-refractivity contribution in [1.82, 2.24) is 14.9 Å². The third kappa shape index (κ3) is 2.43. The lowest BCUT2D eigenvalue weighted by Gasteiger charge is -2.36. The summed E-state index contributed by atoms with van der Waals surface area (Å²) in [6.07, 6.45) is 6.07. The first-order valence-corrected chi connectivity index (χ1v) is 6.52. The molecule has 0 aliphatic carbocycles. The smallest absolute Gasteiger partial charge is 0.145 e. The van der Waals surface area contributed by atoms with Gasteiger partial charge in [-0.3, -0.25) is 4.90 Å². The van der Waals surface area contributed by atoms with Crippen molar-refractivity contribution in [2.24, 2.45) is 0 Å². The first-order valence-electron chi connectivity index (χ1n) is 5.72. The molecule has 0 spiro atoms. The highest BCUT2D eigenvalue weighted by molar-refractivity contribution is 9.10. The zero-order valence-corrected chi connectivity index (χ0v) is 11.7. The largest absolute Gasteiger partial charge is 0.288 e. The molecule has 0 radical (unpaired) electrons. The average molecular weight is 284 g/mol. The minimum Gasteiger partial charge on any atom is -0.288 e. The van der Waals surface area contributed by atoms with E-state index < -0.39 is 0 Å². The van der Waals surface area contributed by atoms with E-state index in [1.807, 2.05) is 12.4 Å². The summed E-state index contributed by atoms with van der Waals surface area (Å²) in [7, 11) is 0. The van der Waals surface area contributed by atoms with Crippen molar-refractivity contribution in [3.8, 4) is 0 Å². The first kappa shape index (κ1) is 12.0. The maximum Gasteiger partial charge on any atom is 0.145 e. The van der Waals surface area contributed by atoms with E-state index in [2.05, 4.69) is 51.6 Å². The summed E-state index contributed by atoms with van der Waals surface area (Å²) >= 11 is 3.37. The van der Waals surface area contributed by atoms with E-state index in [1.54, 1.807) is 0 Å². The normalized spacial score (nSPS) is 22.6. The molecule has 0 amide bonds. The molecule has 1 atom stereocenters. The van der Waals surface area contributed by atoms with Gasteiger partial charge in [-0.25, -0.2) is 9.97 Å². The van der Waals surface area contributed by atoms with E-state index in [0.29, 0.717) is 6.04 Å². The lowest BCUT2D eigenvalue weighted by atomic mass is 10.0. The minimum absolute atomic E-state index is 0.192. The van der Waals surface area contributed by atoms with Gasteiger partial charge in [0.1, 0.15) is 5.82 Å².